The number of benzene rings is 1. The van der Waals surface area contributed by atoms with Gasteiger partial charge in [0.2, 0.25) is 0 Å². The highest BCUT2D eigenvalue weighted by Crippen LogP contribution is 2.58. The van der Waals surface area contributed by atoms with Gasteiger partial charge in [-0.2, -0.15) is 0 Å². The number of rotatable bonds is 3. The molecule has 1 aromatic rings. The molecule has 5 rings (SSSR count). The van der Waals surface area contributed by atoms with Crippen LogP contribution >= 0.6 is 23.5 Å². The third-order valence-electron chi connectivity index (χ3n) is 5.41. The van der Waals surface area contributed by atoms with E-state index < -0.39 is 15.3 Å². The van der Waals surface area contributed by atoms with E-state index in [1.165, 1.54) is 11.5 Å². The van der Waals surface area contributed by atoms with Gasteiger partial charge in [0.05, 0.1) is 19.6 Å². The van der Waals surface area contributed by atoms with Crippen molar-refractivity contribution in [1.82, 2.24) is 0 Å². The van der Waals surface area contributed by atoms with E-state index in [-0.39, 0.29) is 15.7 Å². The molecule has 3 aliphatic carbocycles. The van der Waals surface area contributed by atoms with Crippen molar-refractivity contribution >= 4 is 33.3 Å². The van der Waals surface area contributed by atoms with Crippen molar-refractivity contribution in [2.45, 2.75) is 21.0 Å². The van der Waals surface area contributed by atoms with Gasteiger partial charge in [0.15, 0.2) is 0 Å². The molecule has 25 heavy (non-hydrogen) atoms. The van der Waals surface area contributed by atoms with Crippen LogP contribution in [-0.2, 0) is 9.73 Å². The van der Waals surface area contributed by atoms with E-state index in [2.05, 4.69) is 22.6 Å². The van der Waals surface area contributed by atoms with Gasteiger partial charge in [0.25, 0.3) is 0 Å². The van der Waals surface area contributed by atoms with Crippen molar-refractivity contribution in [1.29, 1.82) is 0 Å². The van der Waals surface area contributed by atoms with Gasteiger partial charge < -0.3 is 5.11 Å². The Balaban J connectivity index is 1.69. The Kier molecular flexibility index (Phi) is 4.59. The first-order valence-electron chi connectivity index (χ1n) is 8.56. The molecule has 1 saturated heterocycles. The van der Waals surface area contributed by atoms with E-state index in [0.717, 1.165) is 6.42 Å². The maximum atomic E-state index is 13.5. The highest BCUT2D eigenvalue weighted by Gasteiger charge is 2.51. The second-order valence-corrected chi connectivity index (χ2v) is 12.4. The first kappa shape index (κ1) is 17.7. The van der Waals surface area contributed by atoms with Crippen LogP contribution in [0.25, 0.3) is 0 Å². The Hall–Kier alpha value is -0.690. The zero-order valence-corrected chi connectivity index (χ0v) is 16.7. The van der Waals surface area contributed by atoms with Crippen molar-refractivity contribution < 1.29 is 9.32 Å². The number of hydrogen-bond acceptors (Lipinski definition) is 5. The van der Waals surface area contributed by atoms with Gasteiger partial charge in [-0.15, -0.1) is 23.5 Å². The Morgan fingerprint density at radius 1 is 1.20 bits per heavy atom. The van der Waals surface area contributed by atoms with Crippen LogP contribution in [0.1, 0.15) is 6.42 Å². The fraction of sp³-hybridized carbons (Fsp3) is 0.474. The molecule has 0 saturated carbocycles. The molecule has 1 spiro atoms. The molecule has 6 heteroatoms. The minimum Gasteiger partial charge on any atom is -0.384 e. The van der Waals surface area contributed by atoms with Crippen molar-refractivity contribution in [2.75, 3.05) is 24.3 Å². The molecule has 0 amide bonds. The predicted molar refractivity (Wildman–Crippen MR) is 109 cm³/mol. The molecule has 0 unspecified atom stereocenters. The molecule has 1 heterocycles. The van der Waals surface area contributed by atoms with Crippen LogP contribution in [-0.4, -0.2) is 43.3 Å². The molecule has 3 nitrogen and oxygen atoms in total. The highest BCUT2D eigenvalue weighted by atomic mass is 32.2. The summed E-state index contributed by atoms with van der Waals surface area (Å²) < 4.78 is 17.9. The molecular weight excluding hydrogens is 370 g/mol. The van der Waals surface area contributed by atoms with Gasteiger partial charge >= 0.3 is 0 Å². The molecule has 2 bridgehead atoms. The first-order chi connectivity index (χ1) is 12.0. The largest absolute Gasteiger partial charge is 0.384 e. The minimum absolute atomic E-state index is 0.0214. The zero-order valence-electron chi connectivity index (χ0n) is 14.2. The van der Waals surface area contributed by atoms with Crippen LogP contribution in [0.2, 0.25) is 0 Å². The van der Waals surface area contributed by atoms with Gasteiger partial charge in [0, 0.05) is 35.3 Å². The number of nitrogens with zero attached hydrogens (tertiary/aromatic N) is 1. The maximum Gasteiger partial charge on any atom is 0.102 e. The molecule has 4 aliphatic rings. The van der Waals surface area contributed by atoms with Gasteiger partial charge in [-0.25, -0.2) is 8.57 Å². The average Bonchev–Trinajstić information content (AvgIpc) is 2.99. The molecule has 1 N–H and O–H groups in total. The second kappa shape index (κ2) is 6.48. The summed E-state index contributed by atoms with van der Waals surface area (Å²) in [6.07, 6.45) is 9.33. The molecule has 4 atom stereocenters. The predicted octanol–water partition coefficient (Wildman–Crippen LogP) is 3.81. The molecule has 0 aromatic heterocycles. The topological polar surface area (TPSA) is 49.7 Å². The van der Waals surface area contributed by atoms with Crippen molar-refractivity contribution in [3.63, 3.8) is 0 Å². The van der Waals surface area contributed by atoms with Gasteiger partial charge in [0.1, 0.15) is 5.60 Å². The number of allylic oxidation sites excluding steroid dienone is 2. The molecule has 0 radical (unpaired) electrons. The van der Waals surface area contributed by atoms with E-state index in [1.54, 1.807) is 7.05 Å². The minimum atomic E-state index is -2.66. The van der Waals surface area contributed by atoms with Crippen LogP contribution in [0.3, 0.4) is 0 Å². The summed E-state index contributed by atoms with van der Waals surface area (Å²) in [5.74, 6) is 2.79. The van der Waals surface area contributed by atoms with Crippen molar-refractivity contribution in [3.05, 3.63) is 54.6 Å². The van der Waals surface area contributed by atoms with Crippen LogP contribution in [0.4, 0.5) is 0 Å². The molecule has 1 fully saturated rings. The van der Waals surface area contributed by atoms with Crippen molar-refractivity contribution in [3.8, 4) is 0 Å². The normalized spacial score (nSPS) is 34.8. The smallest absolute Gasteiger partial charge is 0.102 e. The first-order valence-corrected chi connectivity index (χ1v) is 12.2. The van der Waals surface area contributed by atoms with Crippen LogP contribution in [0.15, 0.2) is 63.9 Å². The molecular formula is C19H23NO2S3. The van der Waals surface area contributed by atoms with E-state index in [0.29, 0.717) is 10.8 Å². The number of thioether (sulfide) groups is 2. The number of aliphatic hydroxyl groups is 1. The third-order valence-corrected chi connectivity index (χ3v) is 11.5. The summed E-state index contributed by atoms with van der Waals surface area (Å²) in [5.41, 5.74) is -1.12. The fourth-order valence-electron chi connectivity index (χ4n) is 3.99. The lowest BCUT2D eigenvalue weighted by atomic mass is 9.82. The summed E-state index contributed by atoms with van der Waals surface area (Å²) in [6.45, 7) is 0. The Bertz CT molecular complexity index is 820. The summed E-state index contributed by atoms with van der Waals surface area (Å²) in [5, 5.41) is 11.5. The van der Waals surface area contributed by atoms with Crippen molar-refractivity contribution in [2.24, 2.45) is 16.2 Å². The third kappa shape index (κ3) is 3.01. The van der Waals surface area contributed by atoms with Gasteiger partial charge in [-0.3, -0.25) is 0 Å². The lowest BCUT2D eigenvalue weighted by Gasteiger charge is -2.40. The van der Waals surface area contributed by atoms with Gasteiger partial charge in [-0.1, -0.05) is 42.5 Å². The standard InChI is InChI=1S/C19H23NO2S3/c1-20-25(22,17-5-3-2-4-6-17)14-18(21)10-9-15-7-8-16(18)13-19(15)23-11-12-24-19/h2-10,15-16,21H,11-14H2,1H3/t15-,16-,18+,25+/m1/s1. The number of fused-ring (bicyclic) bond motifs is 1. The van der Waals surface area contributed by atoms with E-state index in [1.807, 2.05) is 59.9 Å². The Morgan fingerprint density at radius 3 is 2.60 bits per heavy atom. The molecule has 1 aliphatic heterocycles. The van der Waals surface area contributed by atoms with Crippen LogP contribution in [0, 0.1) is 11.8 Å². The summed E-state index contributed by atoms with van der Waals surface area (Å²) >= 11 is 4.04. The van der Waals surface area contributed by atoms with Crippen LogP contribution in [0.5, 0.6) is 0 Å². The lowest BCUT2D eigenvalue weighted by molar-refractivity contribution is 0.0666. The zero-order chi connectivity index (χ0) is 17.5. The average molecular weight is 394 g/mol. The van der Waals surface area contributed by atoms with E-state index in [9.17, 15) is 9.32 Å². The van der Waals surface area contributed by atoms with E-state index >= 15 is 0 Å². The summed E-state index contributed by atoms with van der Waals surface area (Å²) in [6, 6.07) is 9.34. The summed E-state index contributed by atoms with van der Waals surface area (Å²) in [4.78, 5) is 0.696. The molecule has 134 valence electrons. The van der Waals surface area contributed by atoms with E-state index in [4.69, 9.17) is 0 Å². The maximum absolute atomic E-state index is 13.5. The Morgan fingerprint density at radius 2 is 1.92 bits per heavy atom. The Labute approximate surface area is 158 Å². The highest BCUT2D eigenvalue weighted by molar-refractivity contribution is 8.21. The second-order valence-electron chi connectivity index (χ2n) is 6.86. The number of hydrogen-bond donors (Lipinski definition) is 1. The van der Waals surface area contributed by atoms with Gasteiger partial charge in [-0.05, 0) is 18.6 Å². The SMILES string of the molecule is CN=[S@](=O)(C[C@@]1(O)C=C[C@H]2C=C[C@@H]1CC21SCCS1)c1ccccc1. The summed E-state index contributed by atoms with van der Waals surface area (Å²) in [7, 11) is -1.07. The lowest BCUT2D eigenvalue weighted by Crippen LogP contribution is -2.44. The quantitative estimate of drug-likeness (QED) is 0.794. The monoisotopic (exact) mass is 393 g/mol. The van der Waals surface area contributed by atoms with Crippen LogP contribution < -0.4 is 0 Å². The fourth-order valence-corrected chi connectivity index (χ4v) is 9.51. The molecule has 1 aromatic carbocycles.